The first-order valence-electron chi connectivity index (χ1n) is 10.9. The number of carbonyl (C=O) groups excluding carboxylic acids is 1. The van der Waals surface area contributed by atoms with Crippen LogP contribution in [-0.2, 0) is 5.41 Å². The molecule has 4 fully saturated rings. The van der Waals surface area contributed by atoms with Crippen LogP contribution in [0.5, 0.6) is 5.75 Å². The van der Waals surface area contributed by atoms with Gasteiger partial charge in [-0.2, -0.15) is 5.10 Å². The van der Waals surface area contributed by atoms with Gasteiger partial charge in [0, 0.05) is 11.1 Å². The van der Waals surface area contributed by atoms with Gasteiger partial charge in [-0.05, 0) is 80.4 Å². The van der Waals surface area contributed by atoms with Crippen molar-refractivity contribution in [1.82, 2.24) is 10.7 Å². The van der Waals surface area contributed by atoms with Crippen LogP contribution in [0.3, 0.4) is 0 Å². The molecular weight excluding hydrogens is 374 g/mol. The van der Waals surface area contributed by atoms with Crippen LogP contribution in [0, 0.1) is 18.8 Å². The summed E-state index contributed by atoms with van der Waals surface area (Å²) in [4.78, 5) is 12.7. The van der Waals surface area contributed by atoms with Gasteiger partial charge in [-0.25, -0.2) is 10.2 Å². The van der Waals surface area contributed by atoms with Crippen LogP contribution in [0.4, 0.5) is 4.79 Å². The number of carbonyl (C=O) groups is 1. The van der Waals surface area contributed by atoms with Crippen molar-refractivity contribution in [2.45, 2.75) is 56.4 Å². The molecule has 4 aliphatic carbocycles. The molecule has 4 aliphatic rings. The lowest BCUT2D eigenvalue weighted by Gasteiger charge is -2.62. The molecule has 6 rings (SSSR count). The van der Waals surface area contributed by atoms with Gasteiger partial charge < -0.3 is 10.4 Å². The van der Waals surface area contributed by atoms with Gasteiger partial charge in [0.2, 0.25) is 0 Å². The van der Waals surface area contributed by atoms with E-state index < -0.39 is 0 Å². The Bertz CT molecular complexity index is 968. The van der Waals surface area contributed by atoms with Gasteiger partial charge >= 0.3 is 6.03 Å². The second-order valence-electron chi connectivity index (χ2n) is 9.77. The largest absolute Gasteiger partial charge is 0.507 e. The summed E-state index contributed by atoms with van der Waals surface area (Å²) in [6.07, 6.45) is 8.38. The number of amides is 2. The highest BCUT2D eigenvalue weighted by Crippen LogP contribution is 2.62. The molecular formula is C25H29N3O2. The van der Waals surface area contributed by atoms with E-state index in [4.69, 9.17) is 0 Å². The average molecular weight is 404 g/mol. The molecule has 30 heavy (non-hydrogen) atoms. The Morgan fingerprint density at radius 3 is 2.47 bits per heavy atom. The summed E-state index contributed by atoms with van der Waals surface area (Å²) in [5.74, 6) is 1.50. The van der Waals surface area contributed by atoms with Crippen molar-refractivity contribution < 1.29 is 9.90 Å². The standard InChI is InChI=1S/C25H29N3O2/c1-17-6-8-21(9-7-17)24-11-18-10-19(12-24)14-25(13-18,16-24)27-23(30)28-26-15-20-4-2-3-5-22(20)29/h2-9,15,18-19,29H,10-14,16H2,1H3,(H2,27,28,30)/b26-15+. The number of phenols is 1. The van der Waals surface area contributed by atoms with Gasteiger partial charge in [0.25, 0.3) is 0 Å². The summed E-state index contributed by atoms with van der Waals surface area (Å²) in [5.41, 5.74) is 5.94. The van der Waals surface area contributed by atoms with Gasteiger partial charge in [0.1, 0.15) is 5.75 Å². The molecule has 0 radical (unpaired) electrons. The summed E-state index contributed by atoms with van der Waals surface area (Å²) in [6, 6.07) is 15.7. The summed E-state index contributed by atoms with van der Waals surface area (Å²) in [7, 11) is 0. The molecule has 0 aromatic heterocycles. The van der Waals surface area contributed by atoms with E-state index in [2.05, 4.69) is 47.0 Å². The molecule has 0 heterocycles. The monoisotopic (exact) mass is 403 g/mol. The zero-order valence-electron chi connectivity index (χ0n) is 17.4. The molecule has 2 atom stereocenters. The molecule has 0 saturated heterocycles. The lowest BCUT2D eigenvalue weighted by Crippen LogP contribution is -2.65. The number of nitrogens with one attached hydrogen (secondary N) is 2. The number of rotatable bonds is 4. The third kappa shape index (κ3) is 3.47. The Kier molecular flexibility index (Phi) is 4.57. The predicted molar refractivity (Wildman–Crippen MR) is 118 cm³/mol. The summed E-state index contributed by atoms with van der Waals surface area (Å²) in [6.45, 7) is 2.13. The fraction of sp³-hybridized carbons (Fsp3) is 0.440. The molecule has 5 heteroatoms. The summed E-state index contributed by atoms with van der Waals surface area (Å²) in [5, 5.41) is 17.2. The maximum Gasteiger partial charge on any atom is 0.335 e. The number of phenolic OH excluding ortho intramolecular Hbond substituents is 1. The minimum absolute atomic E-state index is 0.143. The fourth-order valence-corrected chi connectivity index (χ4v) is 6.68. The van der Waals surface area contributed by atoms with Crippen LogP contribution >= 0.6 is 0 Å². The number of nitrogens with zero attached hydrogens (tertiary/aromatic N) is 1. The first-order valence-corrected chi connectivity index (χ1v) is 10.9. The Labute approximate surface area is 177 Å². The molecule has 2 unspecified atom stereocenters. The zero-order valence-corrected chi connectivity index (χ0v) is 17.4. The van der Waals surface area contributed by atoms with Gasteiger partial charge in [-0.1, -0.05) is 42.0 Å². The topological polar surface area (TPSA) is 73.7 Å². The van der Waals surface area contributed by atoms with E-state index in [1.54, 1.807) is 18.2 Å². The highest BCUT2D eigenvalue weighted by Gasteiger charge is 2.58. The smallest absolute Gasteiger partial charge is 0.335 e. The number of hydrogen-bond acceptors (Lipinski definition) is 3. The number of aryl methyl sites for hydroxylation is 1. The maximum atomic E-state index is 12.7. The average Bonchev–Trinajstić information content (AvgIpc) is 2.68. The van der Waals surface area contributed by atoms with Crippen molar-refractivity contribution in [1.29, 1.82) is 0 Å². The molecule has 2 aromatic carbocycles. The Morgan fingerprint density at radius 2 is 1.77 bits per heavy atom. The van der Waals surface area contributed by atoms with Crippen molar-refractivity contribution in [3.63, 3.8) is 0 Å². The molecule has 2 amide bonds. The van der Waals surface area contributed by atoms with Crippen molar-refractivity contribution in [2.24, 2.45) is 16.9 Å². The van der Waals surface area contributed by atoms with Gasteiger partial charge in [0.05, 0.1) is 6.21 Å². The second-order valence-corrected chi connectivity index (χ2v) is 9.77. The third-order valence-corrected chi connectivity index (χ3v) is 7.41. The highest BCUT2D eigenvalue weighted by molar-refractivity contribution is 5.84. The van der Waals surface area contributed by atoms with Crippen molar-refractivity contribution >= 4 is 12.2 Å². The number of benzene rings is 2. The van der Waals surface area contributed by atoms with Crippen molar-refractivity contribution in [3.8, 4) is 5.75 Å². The second kappa shape index (κ2) is 7.15. The van der Waals surface area contributed by atoms with Gasteiger partial charge in [-0.3, -0.25) is 0 Å². The number of hydrazone groups is 1. The predicted octanol–water partition coefficient (Wildman–Crippen LogP) is 4.62. The van der Waals surface area contributed by atoms with Crippen LogP contribution in [0.15, 0.2) is 53.6 Å². The fourth-order valence-electron chi connectivity index (χ4n) is 6.68. The van der Waals surface area contributed by atoms with E-state index >= 15 is 0 Å². The third-order valence-electron chi connectivity index (χ3n) is 7.41. The summed E-state index contributed by atoms with van der Waals surface area (Å²) < 4.78 is 0. The first-order chi connectivity index (χ1) is 14.5. The first kappa shape index (κ1) is 19.2. The molecule has 0 spiro atoms. The summed E-state index contributed by atoms with van der Waals surface area (Å²) >= 11 is 0. The molecule has 4 bridgehead atoms. The normalized spacial score (nSPS) is 31.8. The molecule has 156 valence electrons. The number of hydrogen-bond donors (Lipinski definition) is 3. The van der Waals surface area contributed by atoms with E-state index in [0.717, 1.165) is 19.3 Å². The van der Waals surface area contributed by atoms with Crippen LogP contribution in [0.25, 0.3) is 0 Å². The molecule has 4 saturated carbocycles. The van der Waals surface area contributed by atoms with E-state index in [1.807, 2.05) is 6.07 Å². The van der Waals surface area contributed by atoms with Gasteiger partial charge in [0.15, 0.2) is 0 Å². The minimum atomic E-state index is -0.261. The lowest BCUT2D eigenvalue weighted by molar-refractivity contribution is -0.0349. The van der Waals surface area contributed by atoms with E-state index in [0.29, 0.717) is 17.4 Å². The van der Waals surface area contributed by atoms with Crippen molar-refractivity contribution in [2.75, 3.05) is 0 Å². The van der Waals surface area contributed by atoms with Crippen molar-refractivity contribution in [3.05, 3.63) is 65.2 Å². The SMILES string of the molecule is Cc1ccc(C23CC4CC(CC(NC(=O)N/N=C/c5ccccc5O)(C4)C2)C3)cc1. The number of urea groups is 1. The Balaban J connectivity index is 1.31. The molecule has 5 nitrogen and oxygen atoms in total. The van der Waals surface area contributed by atoms with Crippen LogP contribution in [0.2, 0.25) is 0 Å². The van der Waals surface area contributed by atoms with E-state index in [-0.39, 0.29) is 22.7 Å². The minimum Gasteiger partial charge on any atom is -0.507 e. The van der Waals surface area contributed by atoms with E-state index in [9.17, 15) is 9.90 Å². The molecule has 3 N–H and O–H groups in total. The Hall–Kier alpha value is -2.82. The Morgan fingerprint density at radius 1 is 1.07 bits per heavy atom. The zero-order chi connectivity index (χ0) is 20.8. The van der Waals surface area contributed by atoms with Gasteiger partial charge in [-0.15, -0.1) is 0 Å². The number of para-hydroxylation sites is 1. The quantitative estimate of drug-likeness (QED) is 0.515. The van der Waals surface area contributed by atoms with Crippen LogP contribution in [0.1, 0.15) is 55.2 Å². The van der Waals surface area contributed by atoms with E-state index in [1.165, 1.54) is 36.6 Å². The maximum absolute atomic E-state index is 12.7. The highest BCUT2D eigenvalue weighted by atomic mass is 16.3. The number of aromatic hydroxyl groups is 1. The lowest BCUT2D eigenvalue weighted by atomic mass is 9.45. The molecule has 2 aromatic rings. The van der Waals surface area contributed by atoms with Crippen LogP contribution in [-0.4, -0.2) is 22.9 Å². The van der Waals surface area contributed by atoms with Crippen LogP contribution < -0.4 is 10.7 Å². The molecule has 0 aliphatic heterocycles.